The molecule has 1 aromatic heterocycles. The second-order valence-electron chi connectivity index (χ2n) is 3.52. The van der Waals surface area contributed by atoms with E-state index in [2.05, 4.69) is 15.6 Å². The molecular formula is C10H11N3O3. The van der Waals surface area contributed by atoms with E-state index in [0.29, 0.717) is 12.8 Å². The molecule has 6 nitrogen and oxygen atoms in total. The molecule has 2 amide bonds. The number of hydrogen-bond donors (Lipinski definition) is 3. The van der Waals surface area contributed by atoms with Crippen LogP contribution < -0.4 is 10.6 Å². The van der Waals surface area contributed by atoms with E-state index >= 15 is 0 Å². The van der Waals surface area contributed by atoms with E-state index in [0.717, 1.165) is 0 Å². The molecule has 16 heavy (non-hydrogen) atoms. The molecule has 1 aliphatic heterocycles. The summed E-state index contributed by atoms with van der Waals surface area (Å²) in [4.78, 5) is 26.4. The van der Waals surface area contributed by atoms with Gasteiger partial charge in [-0.2, -0.15) is 0 Å². The quantitative estimate of drug-likeness (QED) is 0.655. The highest BCUT2D eigenvalue weighted by Crippen LogP contribution is 2.19. The van der Waals surface area contributed by atoms with E-state index in [1.807, 2.05) is 0 Å². The summed E-state index contributed by atoms with van der Waals surface area (Å²) in [5, 5.41) is 14.4. The second-order valence-corrected chi connectivity index (χ2v) is 3.52. The van der Waals surface area contributed by atoms with Crippen molar-refractivity contribution in [1.29, 1.82) is 0 Å². The smallest absolute Gasteiger partial charge is 0.248 e. The maximum atomic E-state index is 11.6. The molecular weight excluding hydrogens is 210 g/mol. The molecule has 0 radical (unpaired) electrons. The third-order valence-electron chi connectivity index (χ3n) is 2.34. The van der Waals surface area contributed by atoms with Gasteiger partial charge in [-0.1, -0.05) is 0 Å². The molecule has 6 heteroatoms. The number of nitrogens with one attached hydrogen (secondary N) is 2. The van der Waals surface area contributed by atoms with E-state index in [1.54, 1.807) is 6.07 Å². The van der Waals surface area contributed by atoms with Gasteiger partial charge >= 0.3 is 0 Å². The topological polar surface area (TPSA) is 91.3 Å². The van der Waals surface area contributed by atoms with Crippen molar-refractivity contribution in [2.75, 3.05) is 5.32 Å². The summed E-state index contributed by atoms with van der Waals surface area (Å²) in [6.07, 6.45) is 2.28. The summed E-state index contributed by atoms with van der Waals surface area (Å²) >= 11 is 0. The molecule has 0 saturated carbocycles. The summed E-state index contributed by atoms with van der Waals surface area (Å²) in [7, 11) is 0. The van der Waals surface area contributed by atoms with Crippen molar-refractivity contribution < 1.29 is 14.7 Å². The van der Waals surface area contributed by atoms with Crippen molar-refractivity contribution in [3.8, 4) is 5.75 Å². The summed E-state index contributed by atoms with van der Waals surface area (Å²) < 4.78 is 0. The van der Waals surface area contributed by atoms with Crippen molar-refractivity contribution in [1.82, 2.24) is 10.3 Å². The molecule has 1 saturated heterocycles. The van der Waals surface area contributed by atoms with Crippen molar-refractivity contribution in [2.24, 2.45) is 0 Å². The van der Waals surface area contributed by atoms with Crippen molar-refractivity contribution in [3.63, 3.8) is 0 Å². The lowest BCUT2D eigenvalue weighted by Gasteiger charge is -2.10. The van der Waals surface area contributed by atoms with Gasteiger partial charge in [0.05, 0.1) is 0 Å². The molecule has 1 atom stereocenters. The Labute approximate surface area is 91.7 Å². The van der Waals surface area contributed by atoms with Gasteiger partial charge in [0.25, 0.3) is 0 Å². The number of carbonyl (C=O) groups is 2. The lowest BCUT2D eigenvalue weighted by Crippen LogP contribution is -2.37. The number of carbonyl (C=O) groups excluding carboxylic acids is 2. The number of nitrogens with zero attached hydrogens (tertiary/aromatic N) is 1. The minimum atomic E-state index is -0.533. The first-order valence-electron chi connectivity index (χ1n) is 4.91. The van der Waals surface area contributed by atoms with Crippen LogP contribution in [0, 0.1) is 0 Å². The van der Waals surface area contributed by atoms with Gasteiger partial charge in [-0.25, -0.2) is 4.98 Å². The monoisotopic (exact) mass is 221 g/mol. The second kappa shape index (κ2) is 4.18. The van der Waals surface area contributed by atoms with Crippen LogP contribution in [0.25, 0.3) is 0 Å². The highest BCUT2D eigenvalue weighted by atomic mass is 16.3. The summed E-state index contributed by atoms with van der Waals surface area (Å²) in [5.74, 6) is -0.487. The van der Waals surface area contributed by atoms with Gasteiger partial charge in [0.2, 0.25) is 11.8 Å². The van der Waals surface area contributed by atoms with Crippen LogP contribution in [0.5, 0.6) is 5.75 Å². The Morgan fingerprint density at radius 3 is 3.06 bits per heavy atom. The van der Waals surface area contributed by atoms with Crippen LogP contribution in [-0.2, 0) is 9.59 Å². The van der Waals surface area contributed by atoms with Gasteiger partial charge in [0.15, 0.2) is 11.6 Å². The van der Waals surface area contributed by atoms with Gasteiger partial charge in [-0.05, 0) is 18.6 Å². The summed E-state index contributed by atoms with van der Waals surface area (Å²) in [6.45, 7) is 0. The predicted molar refractivity (Wildman–Crippen MR) is 55.7 cm³/mol. The minimum Gasteiger partial charge on any atom is -0.504 e. The van der Waals surface area contributed by atoms with Crippen molar-refractivity contribution in [3.05, 3.63) is 18.3 Å². The van der Waals surface area contributed by atoms with Crippen LogP contribution in [-0.4, -0.2) is 27.9 Å². The fraction of sp³-hybridized carbons (Fsp3) is 0.300. The average molecular weight is 221 g/mol. The Morgan fingerprint density at radius 2 is 2.44 bits per heavy atom. The number of anilines is 1. The normalized spacial score (nSPS) is 19.2. The van der Waals surface area contributed by atoms with Crippen LogP contribution in [0.1, 0.15) is 12.8 Å². The molecule has 1 unspecified atom stereocenters. The number of rotatable bonds is 2. The first kappa shape index (κ1) is 10.4. The minimum absolute atomic E-state index is 0.0971. The molecule has 0 aliphatic carbocycles. The Morgan fingerprint density at radius 1 is 1.62 bits per heavy atom. The molecule has 0 aromatic carbocycles. The first-order valence-corrected chi connectivity index (χ1v) is 4.91. The molecule has 1 aromatic rings. The SMILES string of the molecule is O=C1CCC(C(=O)Nc2ncccc2O)N1. The molecule has 2 heterocycles. The molecule has 3 N–H and O–H groups in total. The molecule has 1 fully saturated rings. The Bertz CT molecular complexity index is 433. The van der Waals surface area contributed by atoms with Gasteiger partial charge in [-0.15, -0.1) is 0 Å². The highest BCUT2D eigenvalue weighted by Gasteiger charge is 2.27. The molecule has 0 spiro atoms. The van der Waals surface area contributed by atoms with E-state index in [4.69, 9.17) is 0 Å². The maximum absolute atomic E-state index is 11.6. The number of pyridine rings is 1. The average Bonchev–Trinajstić information content (AvgIpc) is 2.68. The van der Waals surface area contributed by atoms with Gasteiger partial charge < -0.3 is 15.7 Å². The largest absolute Gasteiger partial charge is 0.504 e. The van der Waals surface area contributed by atoms with Gasteiger partial charge in [0.1, 0.15) is 6.04 Å². The van der Waals surface area contributed by atoms with Crippen LogP contribution in [0.4, 0.5) is 5.82 Å². The zero-order valence-corrected chi connectivity index (χ0v) is 8.43. The Balaban J connectivity index is 2.03. The zero-order chi connectivity index (χ0) is 11.5. The third-order valence-corrected chi connectivity index (χ3v) is 2.34. The van der Waals surface area contributed by atoms with Gasteiger partial charge in [-0.3, -0.25) is 9.59 Å². The zero-order valence-electron chi connectivity index (χ0n) is 8.43. The standard InChI is InChI=1S/C10H11N3O3/c14-7-2-1-5-11-9(7)13-10(16)6-3-4-8(15)12-6/h1-2,5-6,14H,3-4H2,(H,12,15)(H,11,13,16). The van der Waals surface area contributed by atoms with E-state index < -0.39 is 6.04 Å². The lowest BCUT2D eigenvalue weighted by molar-refractivity contribution is -0.122. The molecule has 1 aliphatic rings. The van der Waals surface area contributed by atoms with E-state index in [1.165, 1.54) is 12.3 Å². The number of amides is 2. The maximum Gasteiger partial charge on any atom is 0.248 e. The fourth-order valence-corrected chi connectivity index (χ4v) is 1.51. The van der Waals surface area contributed by atoms with Crippen LogP contribution in [0.15, 0.2) is 18.3 Å². The lowest BCUT2D eigenvalue weighted by atomic mass is 10.2. The summed E-state index contributed by atoms with van der Waals surface area (Å²) in [5.41, 5.74) is 0. The number of hydrogen-bond acceptors (Lipinski definition) is 4. The Hall–Kier alpha value is -2.11. The van der Waals surface area contributed by atoms with Gasteiger partial charge in [0, 0.05) is 12.6 Å². The number of aromatic nitrogens is 1. The highest BCUT2D eigenvalue weighted by molar-refractivity contribution is 5.99. The first-order chi connectivity index (χ1) is 7.66. The predicted octanol–water partition coefficient (Wildman–Crippen LogP) is 0.00430. The van der Waals surface area contributed by atoms with Crippen molar-refractivity contribution in [2.45, 2.75) is 18.9 Å². The van der Waals surface area contributed by atoms with Crippen LogP contribution >= 0.6 is 0 Å². The van der Waals surface area contributed by atoms with Crippen LogP contribution in [0.2, 0.25) is 0 Å². The fourth-order valence-electron chi connectivity index (χ4n) is 1.51. The van der Waals surface area contributed by atoms with E-state index in [-0.39, 0.29) is 23.4 Å². The Kier molecular flexibility index (Phi) is 2.72. The van der Waals surface area contributed by atoms with E-state index in [9.17, 15) is 14.7 Å². The molecule has 84 valence electrons. The number of aromatic hydroxyl groups is 1. The van der Waals surface area contributed by atoms with Crippen molar-refractivity contribution >= 4 is 17.6 Å². The third kappa shape index (κ3) is 2.10. The van der Waals surface area contributed by atoms with Crippen LogP contribution in [0.3, 0.4) is 0 Å². The summed E-state index contributed by atoms with van der Waals surface area (Å²) in [6, 6.07) is 2.45. The molecule has 2 rings (SSSR count). The molecule has 0 bridgehead atoms.